The molecular weight excluding hydrogens is 606 g/mol. The van der Waals surface area contributed by atoms with Gasteiger partial charge in [0.1, 0.15) is 18.3 Å². The summed E-state index contributed by atoms with van der Waals surface area (Å²) in [5, 5.41) is 2.98. The van der Waals surface area contributed by atoms with Gasteiger partial charge in [-0.2, -0.15) is 0 Å². The molecule has 2 atom stereocenters. The summed E-state index contributed by atoms with van der Waals surface area (Å²) in [6, 6.07) is 19.6. The molecule has 3 aromatic carbocycles. The average Bonchev–Trinajstić information content (AvgIpc) is 2.95. The van der Waals surface area contributed by atoms with Crippen molar-refractivity contribution in [2.45, 2.75) is 64.1 Å². The van der Waals surface area contributed by atoms with Crippen molar-refractivity contribution in [2.75, 3.05) is 18.0 Å². The molecule has 0 bridgehead atoms. The van der Waals surface area contributed by atoms with Crippen LogP contribution in [0.1, 0.15) is 44.7 Å². The van der Waals surface area contributed by atoms with Gasteiger partial charge in [0.15, 0.2) is 0 Å². The molecule has 0 heterocycles. The molecule has 0 saturated carbocycles. The lowest BCUT2D eigenvalue weighted by molar-refractivity contribution is -0.140. The second-order valence-corrected chi connectivity index (χ2v) is 12.7. The minimum atomic E-state index is -4.13. The van der Waals surface area contributed by atoms with Crippen LogP contribution in [-0.2, 0) is 26.2 Å². The SMILES string of the molecule is CC[C@H](C(=O)N[C@@H](C)CC)N(Cc1cccc(OC)c1)C(=O)CN(c1cccc(Br)c1)S(=O)(=O)c1ccc(C)cc1. The van der Waals surface area contributed by atoms with Crippen molar-refractivity contribution >= 4 is 43.5 Å². The molecule has 3 aromatic rings. The number of carbonyl (C=O) groups is 2. The van der Waals surface area contributed by atoms with E-state index in [0.717, 1.165) is 21.9 Å². The molecule has 3 rings (SSSR count). The van der Waals surface area contributed by atoms with E-state index in [-0.39, 0.29) is 23.4 Å². The number of aryl methyl sites for hydroxylation is 1. The van der Waals surface area contributed by atoms with Gasteiger partial charge in [-0.1, -0.05) is 65.7 Å². The van der Waals surface area contributed by atoms with E-state index >= 15 is 0 Å². The van der Waals surface area contributed by atoms with E-state index in [2.05, 4.69) is 21.2 Å². The summed E-state index contributed by atoms with van der Waals surface area (Å²) in [6.45, 7) is 7.18. The van der Waals surface area contributed by atoms with Crippen LogP contribution in [0, 0.1) is 6.92 Å². The van der Waals surface area contributed by atoms with Gasteiger partial charge >= 0.3 is 0 Å². The number of nitrogens with zero attached hydrogens (tertiary/aromatic N) is 2. The van der Waals surface area contributed by atoms with Crippen LogP contribution in [0.5, 0.6) is 5.75 Å². The average molecular weight is 645 g/mol. The highest BCUT2D eigenvalue weighted by Crippen LogP contribution is 2.27. The predicted molar refractivity (Wildman–Crippen MR) is 165 cm³/mol. The standard InChI is InChI=1S/C31H38BrN3O5S/c1-6-23(4)33-31(37)29(7-2)34(20-24-10-8-13-27(18-24)40-5)30(36)21-35(26-12-9-11-25(32)19-26)41(38,39)28-16-14-22(3)15-17-28/h8-19,23,29H,6-7,20-21H2,1-5H3,(H,33,37)/t23-,29+/m0/s1. The van der Waals surface area contributed by atoms with Gasteiger partial charge in [0.25, 0.3) is 10.0 Å². The molecule has 10 heteroatoms. The zero-order valence-corrected chi connectivity index (χ0v) is 26.5. The van der Waals surface area contributed by atoms with E-state index in [0.29, 0.717) is 22.3 Å². The molecule has 0 spiro atoms. The van der Waals surface area contributed by atoms with Gasteiger partial charge in [-0.3, -0.25) is 13.9 Å². The Bertz CT molecular complexity index is 1450. The molecule has 0 saturated heterocycles. The van der Waals surface area contributed by atoms with Crippen LogP contribution in [0.2, 0.25) is 0 Å². The molecule has 0 fully saturated rings. The Balaban J connectivity index is 2.07. The number of halogens is 1. The van der Waals surface area contributed by atoms with Crippen molar-refractivity contribution in [3.8, 4) is 5.75 Å². The number of ether oxygens (including phenoxy) is 1. The summed E-state index contributed by atoms with van der Waals surface area (Å²) in [5.41, 5.74) is 1.99. The summed E-state index contributed by atoms with van der Waals surface area (Å²) < 4.78 is 35.0. The Kier molecular flexibility index (Phi) is 11.4. The van der Waals surface area contributed by atoms with Gasteiger partial charge < -0.3 is 15.0 Å². The molecule has 8 nitrogen and oxygen atoms in total. The molecule has 41 heavy (non-hydrogen) atoms. The molecule has 0 unspecified atom stereocenters. The summed E-state index contributed by atoms with van der Waals surface area (Å²) >= 11 is 3.42. The Labute approximate surface area is 251 Å². The molecule has 220 valence electrons. The van der Waals surface area contributed by atoms with E-state index < -0.39 is 28.5 Å². The Morgan fingerprint density at radius 3 is 2.27 bits per heavy atom. The van der Waals surface area contributed by atoms with E-state index in [1.165, 1.54) is 17.0 Å². The number of hydrogen-bond acceptors (Lipinski definition) is 5. The van der Waals surface area contributed by atoms with E-state index in [1.807, 2.05) is 39.8 Å². The molecule has 0 aromatic heterocycles. The number of benzene rings is 3. The fourth-order valence-corrected chi connectivity index (χ4v) is 6.12. The second kappa shape index (κ2) is 14.5. The predicted octanol–water partition coefficient (Wildman–Crippen LogP) is 5.68. The van der Waals surface area contributed by atoms with Crippen molar-refractivity contribution in [2.24, 2.45) is 0 Å². The van der Waals surface area contributed by atoms with Crippen molar-refractivity contribution < 1.29 is 22.7 Å². The van der Waals surface area contributed by atoms with Crippen LogP contribution in [0.15, 0.2) is 82.2 Å². The van der Waals surface area contributed by atoms with Crippen LogP contribution >= 0.6 is 15.9 Å². The number of amides is 2. The fraction of sp³-hybridized carbons (Fsp3) is 0.355. The van der Waals surface area contributed by atoms with Crippen molar-refractivity contribution in [3.63, 3.8) is 0 Å². The monoisotopic (exact) mass is 643 g/mol. The number of nitrogens with one attached hydrogen (secondary N) is 1. The lowest BCUT2D eigenvalue weighted by atomic mass is 10.1. The smallest absolute Gasteiger partial charge is 0.264 e. The maximum Gasteiger partial charge on any atom is 0.264 e. The number of rotatable bonds is 13. The molecule has 0 aliphatic carbocycles. The van der Waals surface area contributed by atoms with Crippen LogP contribution in [0.25, 0.3) is 0 Å². The van der Waals surface area contributed by atoms with Crippen LogP contribution in [0.3, 0.4) is 0 Å². The number of sulfonamides is 1. The zero-order valence-electron chi connectivity index (χ0n) is 24.1. The van der Waals surface area contributed by atoms with Crippen LogP contribution in [-0.4, -0.2) is 50.9 Å². The van der Waals surface area contributed by atoms with E-state index in [4.69, 9.17) is 4.74 Å². The first-order chi connectivity index (χ1) is 19.5. The third-order valence-corrected chi connectivity index (χ3v) is 9.14. The number of anilines is 1. The molecule has 0 radical (unpaired) electrons. The number of hydrogen-bond donors (Lipinski definition) is 1. The molecule has 0 aliphatic heterocycles. The third-order valence-electron chi connectivity index (χ3n) is 6.86. The summed E-state index contributed by atoms with van der Waals surface area (Å²) in [5.74, 6) is -0.173. The first kappa shape index (κ1) is 32.1. The largest absolute Gasteiger partial charge is 0.497 e. The van der Waals surface area contributed by atoms with Crippen molar-refractivity contribution in [1.29, 1.82) is 0 Å². The van der Waals surface area contributed by atoms with Gasteiger partial charge in [0.2, 0.25) is 11.8 Å². The fourth-order valence-electron chi connectivity index (χ4n) is 4.33. The maximum absolute atomic E-state index is 14.2. The normalized spacial score (nSPS) is 12.7. The molecule has 2 amide bonds. The maximum atomic E-state index is 14.2. The molecular formula is C31H38BrN3O5S. The van der Waals surface area contributed by atoms with Gasteiger partial charge in [-0.05, 0) is 74.7 Å². The minimum absolute atomic E-state index is 0.0665. The van der Waals surface area contributed by atoms with Crippen molar-refractivity contribution in [3.05, 3.63) is 88.4 Å². The highest BCUT2D eigenvalue weighted by molar-refractivity contribution is 9.10. The van der Waals surface area contributed by atoms with Gasteiger partial charge in [-0.15, -0.1) is 0 Å². The molecule has 0 aliphatic rings. The van der Waals surface area contributed by atoms with Gasteiger partial charge in [0.05, 0.1) is 17.7 Å². The Hall–Kier alpha value is -3.37. The summed E-state index contributed by atoms with van der Waals surface area (Å²) in [7, 11) is -2.57. The summed E-state index contributed by atoms with van der Waals surface area (Å²) in [4.78, 5) is 29.1. The summed E-state index contributed by atoms with van der Waals surface area (Å²) in [6.07, 6.45) is 1.08. The quantitative estimate of drug-likeness (QED) is 0.258. The highest BCUT2D eigenvalue weighted by atomic mass is 79.9. The number of carbonyl (C=O) groups excluding carboxylic acids is 2. The highest BCUT2D eigenvalue weighted by Gasteiger charge is 2.34. The second-order valence-electron chi connectivity index (χ2n) is 9.92. The molecule has 1 N–H and O–H groups in total. The van der Waals surface area contributed by atoms with E-state index in [9.17, 15) is 18.0 Å². The first-order valence-corrected chi connectivity index (χ1v) is 15.8. The first-order valence-electron chi connectivity index (χ1n) is 13.6. The van der Waals surface area contributed by atoms with Crippen LogP contribution in [0.4, 0.5) is 5.69 Å². The number of methoxy groups -OCH3 is 1. The van der Waals surface area contributed by atoms with Gasteiger partial charge in [0, 0.05) is 17.1 Å². The Morgan fingerprint density at radius 2 is 1.66 bits per heavy atom. The zero-order chi connectivity index (χ0) is 30.2. The van der Waals surface area contributed by atoms with Crippen molar-refractivity contribution in [1.82, 2.24) is 10.2 Å². The topological polar surface area (TPSA) is 96.0 Å². The lowest BCUT2D eigenvalue weighted by Gasteiger charge is -2.33. The van der Waals surface area contributed by atoms with E-state index in [1.54, 1.807) is 55.6 Å². The van der Waals surface area contributed by atoms with Crippen LogP contribution < -0.4 is 14.4 Å². The van der Waals surface area contributed by atoms with Gasteiger partial charge in [-0.25, -0.2) is 8.42 Å². The minimum Gasteiger partial charge on any atom is -0.497 e. The lowest BCUT2D eigenvalue weighted by Crippen LogP contribution is -2.53. The Morgan fingerprint density at radius 1 is 0.976 bits per heavy atom. The third kappa shape index (κ3) is 8.33.